The van der Waals surface area contributed by atoms with E-state index in [0.717, 1.165) is 5.57 Å². The van der Waals surface area contributed by atoms with Gasteiger partial charge in [-0.25, -0.2) is 0 Å². The zero-order chi connectivity index (χ0) is 11.7. The third kappa shape index (κ3) is 1.65. The van der Waals surface area contributed by atoms with Crippen molar-refractivity contribution in [3.05, 3.63) is 41.1 Å². The normalized spacial score (nSPS) is 12.4. The number of aliphatic hydroxyl groups excluding tert-OH is 1. The molecule has 0 saturated carbocycles. The summed E-state index contributed by atoms with van der Waals surface area (Å²) < 4.78 is 2.17. The number of para-hydroxylation sites is 1. The van der Waals surface area contributed by atoms with Gasteiger partial charge in [-0.05, 0) is 37.1 Å². The maximum absolute atomic E-state index is 9.08. The molecule has 2 rings (SSSR count). The molecule has 2 nitrogen and oxygen atoms in total. The van der Waals surface area contributed by atoms with Gasteiger partial charge in [-0.2, -0.15) is 0 Å². The highest BCUT2D eigenvalue weighted by molar-refractivity contribution is 5.87. The zero-order valence-electron chi connectivity index (χ0n) is 9.99. The van der Waals surface area contributed by atoms with Crippen LogP contribution >= 0.6 is 0 Å². The van der Waals surface area contributed by atoms with E-state index in [9.17, 15) is 0 Å². The Kier molecular flexibility index (Phi) is 2.84. The van der Waals surface area contributed by atoms with Crippen LogP contribution in [-0.2, 0) is 7.05 Å². The number of aromatic nitrogens is 1. The molecule has 1 aromatic heterocycles. The minimum Gasteiger partial charge on any atom is -0.392 e. The average molecular weight is 215 g/mol. The van der Waals surface area contributed by atoms with E-state index in [1.807, 2.05) is 13.0 Å². The summed E-state index contributed by atoms with van der Waals surface area (Å²) in [4.78, 5) is 0. The highest BCUT2D eigenvalue weighted by Crippen LogP contribution is 2.25. The van der Waals surface area contributed by atoms with Gasteiger partial charge in [-0.15, -0.1) is 0 Å². The lowest BCUT2D eigenvalue weighted by molar-refractivity contribution is 0.332. The third-order valence-electron chi connectivity index (χ3n) is 3.05. The fraction of sp³-hybridized carbons (Fsp3) is 0.286. The van der Waals surface area contributed by atoms with Crippen molar-refractivity contribution in [2.24, 2.45) is 7.05 Å². The molecule has 0 atom stereocenters. The van der Waals surface area contributed by atoms with Gasteiger partial charge in [0.05, 0.1) is 6.61 Å². The topological polar surface area (TPSA) is 25.2 Å². The van der Waals surface area contributed by atoms with Crippen LogP contribution in [0.2, 0.25) is 0 Å². The quantitative estimate of drug-likeness (QED) is 0.818. The fourth-order valence-corrected chi connectivity index (χ4v) is 2.09. The van der Waals surface area contributed by atoms with Gasteiger partial charge in [0.2, 0.25) is 0 Å². The van der Waals surface area contributed by atoms with Gasteiger partial charge in [0.1, 0.15) is 0 Å². The largest absolute Gasteiger partial charge is 0.392 e. The summed E-state index contributed by atoms with van der Waals surface area (Å²) in [5.41, 5.74) is 4.66. The van der Waals surface area contributed by atoms with Crippen LogP contribution in [0, 0.1) is 6.92 Å². The molecule has 1 heterocycles. The van der Waals surface area contributed by atoms with Gasteiger partial charge in [0.25, 0.3) is 0 Å². The van der Waals surface area contributed by atoms with E-state index in [1.165, 1.54) is 22.2 Å². The highest BCUT2D eigenvalue weighted by atomic mass is 16.3. The number of aryl methyl sites for hydroxylation is 2. The number of benzene rings is 1. The summed E-state index contributed by atoms with van der Waals surface area (Å²) >= 11 is 0. The number of rotatable bonds is 2. The molecule has 2 aromatic rings. The first-order valence-corrected chi connectivity index (χ1v) is 5.47. The Hall–Kier alpha value is -1.54. The van der Waals surface area contributed by atoms with Crippen molar-refractivity contribution in [2.45, 2.75) is 13.8 Å². The summed E-state index contributed by atoms with van der Waals surface area (Å²) in [5, 5.41) is 10.4. The third-order valence-corrected chi connectivity index (χ3v) is 3.05. The van der Waals surface area contributed by atoms with E-state index >= 15 is 0 Å². The molecule has 1 N–H and O–H groups in total. The second-order valence-electron chi connectivity index (χ2n) is 4.24. The Morgan fingerprint density at radius 3 is 2.69 bits per heavy atom. The van der Waals surface area contributed by atoms with Crippen LogP contribution in [0.3, 0.4) is 0 Å². The predicted molar refractivity (Wildman–Crippen MR) is 68.4 cm³/mol. The Morgan fingerprint density at radius 2 is 2.06 bits per heavy atom. The highest BCUT2D eigenvalue weighted by Gasteiger charge is 2.08. The van der Waals surface area contributed by atoms with Crippen LogP contribution in [0.25, 0.3) is 17.0 Å². The fourth-order valence-electron chi connectivity index (χ4n) is 2.09. The number of nitrogens with zero attached hydrogens (tertiary/aromatic N) is 1. The molecule has 2 heteroatoms. The Morgan fingerprint density at radius 1 is 1.38 bits per heavy atom. The van der Waals surface area contributed by atoms with Crippen molar-refractivity contribution < 1.29 is 5.11 Å². The molecule has 0 aliphatic carbocycles. The van der Waals surface area contributed by atoms with Crippen LogP contribution in [0.5, 0.6) is 0 Å². The summed E-state index contributed by atoms with van der Waals surface area (Å²) in [6, 6.07) is 8.36. The van der Waals surface area contributed by atoms with Gasteiger partial charge in [0.15, 0.2) is 0 Å². The van der Waals surface area contributed by atoms with Crippen LogP contribution < -0.4 is 0 Å². The summed E-state index contributed by atoms with van der Waals surface area (Å²) in [7, 11) is 2.06. The molecule has 0 saturated heterocycles. The molecular weight excluding hydrogens is 198 g/mol. The van der Waals surface area contributed by atoms with Crippen LogP contribution in [0.4, 0.5) is 0 Å². The number of fused-ring (bicyclic) bond motifs is 1. The molecule has 0 unspecified atom stereocenters. The Balaban J connectivity index is 2.71. The van der Waals surface area contributed by atoms with Crippen LogP contribution in [0.1, 0.15) is 18.2 Å². The summed E-state index contributed by atoms with van der Waals surface area (Å²) in [5.74, 6) is 0. The average Bonchev–Trinajstić information content (AvgIpc) is 2.55. The molecule has 0 fully saturated rings. The number of hydrogen-bond acceptors (Lipinski definition) is 1. The standard InChI is InChI=1S/C14H17NO/c1-10(9-16)8-14-11(2)12-6-4-5-7-13(12)15(14)3/h4-8,16H,9H2,1-3H3/b10-8-. The second-order valence-corrected chi connectivity index (χ2v) is 4.24. The zero-order valence-corrected chi connectivity index (χ0v) is 9.99. The lowest BCUT2D eigenvalue weighted by atomic mass is 10.1. The van der Waals surface area contributed by atoms with E-state index in [-0.39, 0.29) is 6.61 Å². The minimum absolute atomic E-state index is 0.112. The molecule has 1 aromatic carbocycles. The first-order chi connectivity index (χ1) is 7.65. The number of hydrogen-bond donors (Lipinski definition) is 1. The van der Waals surface area contributed by atoms with Gasteiger partial charge >= 0.3 is 0 Å². The van der Waals surface area contributed by atoms with Crippen molar-refractivity contribution in [1.82, 2.24) is 4.57 Å². The summed E-state index contributed by atoms with van der Waals surface area (Å²) in [6.07, 6.45) is 2.05. The van der Waals surface area contributed by atoms with Crippen LogP contribution in [-0.4, -0.2) is 16.3 Å². The van der Waals surface area contributed by atoms with E-state index in [1.54, 1.807) is 0 Å². The lowest BCUT2D eigenvalue weighted by Crippen LogP contribution is -1.93. The van der Waals surface area contributed by atoms with Crippen molar-refractivity contribution in [2.75, 3.05) is 6.61 Å². The van der Waals surface area contributed by atoms with E-state index in [2.05, 4.69) is 42.8 Å². The second kappa shape index (κ2) is 4.14. The first-order valence-electron chi connectivity index (χ1n) is 5.47. The molecule has 0 aliphatic heterocycles. The molecule has 84 valence electrons. The van der Waals surface area contributed by atoms with Crippen LogP contribution in [0.15, 0.2) is 29.8 Å². The summed E-state index contributed by atoms with van der Waals surface area (Å²) in [6.45, 7) is 4.18. The van der Waals surface area contributed by atoms with Crippen molar-refractivity contribution in [3.8, 4) is 0 Å². The maximum atomic E-state index is 9.08. The lowest BCUT2D eigenvalue weighted by Gasteiger charge is -2.01. The smallest absolute Gasteiger partial charge is 0.0642 e. The predicted octanol–water partition coefficient (Wildman–Crippen LogP) is 2.88. The van der Waals surface area contributed by atoms with Crippen molar-refractivity contribution in [3.63, 3.8) is 0 Å². The monoisotopic (exact) mass is 215 g/mol. The molecule has 0 amide bonds. The van der Waals surface area contributed by atoms with E-state index < -0.39 is 0 Å². The van der Waals surface area contributed by atoms with Gasteiger partial charge in [-0.3, -0.25) is 0 Å². The van der Waals surface area contributed by atoms with Gasteiger partial charge < -0.3 is 9.67 Å². The minimum atomic E-state index is 0.112. The van der Waals surface area contributed by atoms with Crippen molar-refractivity contribution >= 4 is 17.0 Å². The van der Waals surface area contributed by atoms with Gasteiger partial charge in [-0.1, -0.05) is 18.2 Å². The van der Waals surface area contributed by atoms with E-state index in [0.29, 0.717) is 0 Å². The first kappa shape index (κ1) is 11.0. The number of aliphatic hydroxyl groups is 1. The molecule has 0 aliphatic rings. The molecule has 16 heavy (non-hydrogen) atoms. The Labute approximate surface area is 95.8 Å². The van der Waals surface area contributed by atoms with Gasteiger partial charge in [0, 0.05) is 23.6 Å². The SMILES string of the molecule is C/C(=C/c1c(C)c2ccccc2n1C)CO. The molecule has 0 bridgehead atoms. The molecule has 0 radical (unpaired) electrons. The van der Waals surface area contributed by atoms with E-state index in [4.69, 9.17) is 5.11 Å². The molecular formula is C14H17NO. The molecule has 0 spiro atoms. The Bertz CT molecular complexity index is 510. The van der Waals surface area contributed by atoms with Crippen molar-refractivity contribution in [1.29, 1.82) is 0 Å². The maximum Gasteiger partial charge on any atom is 0.0642 e.